The zero-order valence-electron chi connectivity index (χ0n) is 17.4. The van der Waals surface area contributed by atoms with E-state index < -0.39 is 6.10 Å². The normalized spacial score (nSPS) is 13.1. The van der Waals surface area contributed by atoms with Gasteiger partial charge in [-0.25, -0.2) is 0 Å². The Kier molecular flexibility index (Phi) is 7.42. The molecule has 27 heavy (non-hydrogen) atoms. The molecule has 2 aromatic rings. The van der Waals surface area contributed by atoms with Gasteiger partial charge in [-0.3, -0.25) is 9.67 Å². The molecule has 2 rings (SSSR count). The van der Waals surface area contributed by atoms with Crippen LogP contribution in [0.5, 0.6) is 0 Å². The topological polar surface area (TPSA) is 65.7 Å². The number of nitrogens with zero attached hydrogens (tertiary/aromatic N) is 4. The van der Waals surface area contributed by atoms with Crippen molar-refractivity contribution >= 4 is 5.96 Å². The molecule has 1 heterocycles. The zero-order valence-corrected chi connectivity index (χ0v) is 17.4. The van der Waals surface area contributed by atoms with Gasteiger partial charge in [0.15, 0.2) is 5.96 Å². The number of rotatable bonds is 7. The van der Waals surface area contributed by atoms with Gasteiger partial charge in [0.05, 0.1) is 18.3 Å². The van der Waals surface area contributed by atoms with E-state index in [4.69, 9.17) is 0 Å². The fraction of sp³-hybridized carbons (Fsp3) is 0.524. The van der Waals surface area contributed by atoms with Gasteiger partial charge < -0.3 is 15.3 Å². The quantitative estimate of drug-likeness (QED) is 0.580. The van der Waals surface area contributed by atoms with Crippen LogP contribution in [0.4, 0.5) is 0 Å². The first-order valence-corrected chi connectivity index (χ1v) is 9.58. The Bertz CT molecular complexity index is 748. The van der Waals surface area contributed by atoms with Crippen molar-refractivity contribution in [1.82, 2.24) is 20.0 Å². The molecule has 1 aromatic heterocycles. The van der Waals surface area contributed by atoms with E-state index in [0.29, 0.717) is 19.0 Å². The number of hydrogen-bond donors (Lipinski definition) is 2. The summed E-state index contributed by atoms with van der Waals surface area (Å²) in [7, 11) is 3.96. The van der Waals surface area contributed by atoms with Crippen LogP contribution in [0.1, 0.15) is 55.2 Å². The summed E-state index contributed by atoms with van der Waals surface area (Å²) in [5.74, 6) is 1.15. The number of aliphatic hydroxyl groups excluding tert-OH is 1. The highest BCUT2D eigenvalue weighted by molar-refractivity contribution is 5.79. The van der Waals surface area contributed by atoms with Crippen LogP contribution in [0.15, 0.2) is 35.5 Å². The Hall–Kier alpha value is -2.34. The zero-order chi connectivity index (χ0) is 20.0. The second-order valence-electron chi connectivity index (χ2n) is 7.35. The summed E-state index contributed by atoms with van der Waals surface area (Å²) in [5, 5.41) is 18.3. The lowest BCUT2D eigenvalue weighted by Crippen LogP contribution is -2.39. The average molecular weight is 372 g/mol. The molecule has 1 atom stereocenters. The highest BCUT2D eigenvalue weighted by atomic mass is 16.3. The van der Waals surface area contributed by atoms with Crippen molar-refractivity contribution in [3.8, 4) is 0 Å². The molecule has 0 saturated heterocycles. The van der Waals surface area contributed by atoms with E-state index in [-0.39, 0.29) is 0 Å². The minimum absolute atomic E-state index is 0.319. The van der Waals surface area contributed by atoms with E-state index >= 15 is 0 Å². The molecule has 6 heteroatoms. The highest BCUT2D eigenvalue weighted by Crippen LogP contribution is 2.19. The highest BCUT2D eigenvalue weighted by Gasteiger charge is 2.15. The standard InChI is InChI=1S/C21H33N5O/c1-7-22-21(23-12-19(27)17-10-8-16(4)9-11-17)25(5)13-18-14-26(6)24-20(18)15(2)3/h8-11,14-15,19,27H,7,12-13H2,1-6H3,(H,22,23). The maximum atomic E-state index is 10.5. The molecule has 1 aromatic carbocycles. The first-order chi connectivity index (χ1) is 12.8. The van der Waals surface area contributed by atoms with E-state index in [2.05, 4.69) is 40.4 Å². The minimum Gasteiger partial charge on any atom is -0.386 e. The second kappa shape index (κ2) is 9.55. The minimum atomic E-state index is -0.614. The van der Waals surface area contributed by atoms with Crippen molar-refractivity contribution < 1.29 is 5.11 Å². The monoisotopic (exact) mass is 371 g/mol. The maximum Gasteiger partial charge on any atom is 0.194 e. The molecule has 0 saturated carbocycles. The number of aliphatic imine (C=N–C) groups is 1. The summed E-state index contributed by atoms with van der Waals surface area (Å²) in [6.45, 7) is 10.2. The second-order valence-corrected chi connectivity index (χ2v) is 7.35. The molecular weight excluding hydrogens is 338 g/mol. The number of aromatic nitrogens is 2. The van der Waals surface area contributed by atoms with Gasteiger partial charge in [-0.1, -0.05) is 43.7 Å². The number of benzene rings is 1. The molecule has 6 nitrogen and oxygen atoms in total. The van der Waals surface area contributed by atoms with Crippen molar-refractivity contribution in [1.29, 1.82) is 0 Å². The Labute approximate surface area is 162 Å². The molecule has 0 aliphatic carbocycles. The first kappa shape index (κ1) is 21.0. The molecule has 0 fully saturated rings. The van der Waals surface area contributed by atoms with Crippen molar-refractivity contribution in [2.24, 2.45) is 12.0 Å². The molecular formula is C21H33N5O. The van der Waals surface area contributed by atoms with Crippen LogP contribution in [0.3, 0.4) is 0 Å². The van der Waals surface area contributed by atoms with Gasteiger partial charge in [0, 0.05) is 38.9 Å². The van der Waals surface area contributed by atoms with Crippen LogP contribution >= 0.6 is 0 Å². The van der Waals surface area contributed by atoms with Crippen LogP contribution in [-0.4, -0.2) is 45.9 Å². The summed E-state index contributed by atoms with van der Waals surface area (Å²) in [6.07, 6.45) is 1.45. The lowest BCUT2D eigenvalue weighted by Gasteiger charge is -2.23. The molecule has 0 aliphatic heterocycles. The van der Waals surface area contributed by atoms with Gasteiger partial charge in [0.2, 0.25) is 0 Å². The van der Waals surface area contributed by atoms with E-state index in [1.54, 1.807) is 0 Å². The van der Waals surface area contributed by atoms with Gasteiger partial charge in [0.25, 0.3) is 0 Å². The Morgan fingerprint density at radius 3 is 2.56 bits per heavy atom. The lowest BCUT2D eigenvalue weighted by molar-refractivity contribution is 0.186. The SMILES string of the molecule is CCNC(=NCC(O)c1ccc(C)cc1)N(C)Cc1cn(C)nc1C(C)C. The maximum absolute atomic E-state index is 10.5. The summed E-state index contributed by atoms with van der Waals surface area (Å²) in [6, 6.07) is 7.93. The van der Waals surface area contributed by atoms with Gasteiger partial charge in [-0.05, 0) is 25.3 Å². The van der Waals surface area contributed by atoms with Gasteiger partial charge in [-0.2, -0.15) is 5.10 Å². The van der Waals surface area contributed by atoms with Crippen LogP contribution in [0.25, 0.3) is 0 Å². The lowest BCUT2D eigenvalue weighted by atomic mass is 10.1. The molecule has 0 bridgehead atoms. The molecule has 0 amide bonds. The van der Waals surface area contributed by atoms with Crippen molar-refractivity contribution in [2.45, 2.75) is 46.3 Å². The van der Waals surface area contributed by atoms with Gasteiger partial charge in [-0.15, -0.1) is 0 Å². The fourth-order valence-corrected chi connectivity index (χ4v) is 3.03. The van der Waals surface area contributed by atoms with Crippen LogP contribution < -0.4 is 5.32 Å². The van der Waals surface area contributed by atoms with Crippen molar-refractivity contribution in [2.75, 3.05) is 20.1 Å². The molecule has 0 spiro atoms. The average Bonchev–Trinajstić information content (AvgIpc) is 2.99. The van der Waals surface area contributed by atoms with Gasteiger partial charge in [0.1, 0.15) is 0 Å². The first-order valence-electron chi connectivity index (χ1n) is 9.58. The number of hydrogen-bond acceptors (Lipinski definition) is 3. The number of guanidine groups is 1. The molecule has 0 radical (unpaired) electrons. The van der Waals surface area contributed by atoms with Crippen LogP contribution in [0, 0.1) is 6.92 Å². The third-order valence-corrected chi connectivity index (χ3v) is 4.46. The predicted molar refractivity (Wildman–Crippen MR) is 111 cm³/mol. The van der Waals surface area contributed by atoms with Crippen molar-refractivity contribution in [3.05, 3.63) is 52.8 Å². The number of aliphatic hydroxyl groups is 1. The number of aryl methyl sites for hydroxylation is 2. The van der Waals surface area contributed by atoms with Crippen LogP contribution in [-0.2, 0) is 13.6 Å². The van der Waals surface area contributed by atoms with E-state index in [9.17, 15) is 5.11 Å². The van der Waals surface area contributed by atoms with E-state index in [0.717, 1.165) is 23.8 Å². The smallest absolute Gasteiger partial charge is 0.194 e. The largest absolute Gasteiger partial charge is 0.386 e. The summed E-state index contributed by atoms with van der Waals surface area (Å²) in [4.78, 5) is 6.72. The fourth-order valence-electron chi connectivity index (χ4n) is 3.03. The predicted octanol–water partition coefficient (Wildman–Crippen LogP) is 2.98. The molecule has 1 unspecified atom stereocenters. The Morgan fingerprint density at radius 1 is 1.30 bits per heavy atom. The molecule has 148 valence electrons. The van der Waals surface area contributed by atoms with E-state index in [1.807, 2.05) is 56.9 Å². The third-order valence-electron chi connectivity index (χ3n) is 4.46. The summed E-state index contributed by atoms with van der Waals surface area (Å²) >= 11 is 0. The Morgan fingerprint density at radius 2 is 1.96 bits per heavy atom. The molecule has 2 N–H and O–H groups in total. The molecule has 0 aliphatic rings. The van der Waals surface area contributed by atoms with E-state index in [1.165, 1.54) is 11.1 Å². The van der Waals surface area contributed by atoms with Crippen molar-refractivity contribution in [3.63, 3.8) is 0 Å². The van der Waals surface area contributed by atoms with Gasteiger partial charge >= 0.3 is 0 Å². The number of nitrogens with one attached hydrogen (secondary N) is 1. The Balaban J connectivity index is 2.10. The summed E-state index contributed by atoms with van der Waals surface area (Å²) < 4.78 is 1.86. The summed E-state index contributed by atoms with van der Waals surface area (Å²) in [5.41, 5.74) is 4.37. The van der Waals surface area contributed by atoms with Crippen LogP contribution in [0.2, 0.25) is 0 Å². The third kappa shape index (κ3) is 5.82.